The summed E-state index contributed by atoms with van der Waals surface area (Å²) < 4.78 is 38.3. The van der Waals surface area contributed by atoms with Crippen molar-refractivity contribution in [2.75, 3.05) is 17.2 Å². The lowest BCUT2D eigenvalue weighted by Crippen LogP contribution is -2.40. The number of amides is 1. The van der Waals surface area contributed by atoms with E-state index in [-0.39, 0.29) is 5.69 Å². The van der Waals surface area contributed by atoms with Gasteiger partial charge < -0.3 is 16.4 Å². The Morgan fingerprint density at radius 2 is 2.05 bits per heavy atom. The molecule has 0 bridgehead atoms. The monoisotopic (exact) mass is 273 g/mol. The molecule has 1 unspecified atom stereocenters. The van der Waals surface area contributed by atoms with E-state index in [1.54, 1.807) is 4.90 Å². The van der Waals surface area contributed by atoms with Crippen molar-refractivity contribution in [3.05, 3.63) is 23.8 Å². The zero-order valence-corrected chi connectivity index (χ0v) is 10.1. The molecule has 1 aromatic rings. The van der Waals surface area contributed by atoms with Crippen molar-refractivity contribution in [1.82, 2.24) is 0 Å². The lowest BCUT2D eigenvalue weighted by atomic mass is 10.1. The number of halogens is 3. The number of anilines is 2. The second kappa shape index (κ2) is 4.64. The van der Waals surface area contributed by atoms with E-state index in [4.69, 9.17) is 11.5 Å². The van der Waals surface area contributed by atoms with Gasteiger partial charge in [0.05, 0.1) is 5.56 Å². The van der Waals surface area contributed by atoms with Gasteiger partial charge in [-0.05, 0) is 31.0 Å². The average molecular weight is 273 g/mol. The molecule has 104 valence electrons. The van der Waals surface area contributed by atoms with Crippen LogP contribution in [-0.4, -0.2) is 18.5 Å². The number of primary amides is 1. The Balaban J connectivity index is 2.38. The minimum Gasteiger partial charge on any atom is -0.398 e. The molecule has 1 aliphatic heterocycles. The fraction of sp³-hybridized carbons (Fsp3) is 0.417. The van der Waals surface area contributed by atoms with Crippen LogP contribution >= 0.6 is 0 Å². The molecule has 4 N–H and O–H groups in total. The molecular formula is C12H14F3N3O. The summed E-state index contributed by atoms with van der Waals surface area (Å²) in [4.78, 5) is 12.9. The van der Waals surface area contributed by atoms with Crippen molar-refractivity contribution >= 4 is 17.3 Å². The molecule has 0 aliphatic carbocycles. The van der Waals surface area contributed by atoms with Crippen LogP contribution in [-0.2, 0) is 11.0 Å². The highest BCUT2D eigenvalue weighted by Gasteiger charge is 2.35. The van der Waals surface area contributed by atoms with Crippen molar-refractivity contribution in [3.8, 4) is 0 Å². The van der Waals surface area contributed by atoms with E-state index in [0.29, 0.717) is 18.7 Å². The summed E-state index contributed by atoms with van der Waals surface area (Å²) in [6.45, 7) is 0.509. The van der Waals surface area contributed by atoms with Crippen molar-refractivity contribution in [2.24, 2.45) is 5.73 Å². The van der Waals surface area contributed by atoms with Crippen LogP contribution in [0.5, 0.6) is 0 Å². The number of hydrogen-bond donors (Lipinski definition) is 2. The molecule has 0 aromatic heterocycles. The number of alkyl halides is 3. The molecule has 2 rings (SSSR count). The van der Waals surface area contributed by atoms with Crippen LogP contribution in [0.15, 0.2) is 18.2 Å². The molecule has 4 nitrogen and oxygen atoms in total. The number of benzene rings is 1. The van der Waals surface area contributed by atoms with Crippen molar-refractivity contribution in [2.45, 2.75) is 25.1 Å². The summed E-state index contributed by atoms with van der Waals surface area (Å²) in [5.41, 5.74) is 9.70. The summed E-state index contributed by atoms with van der Waals surface area (Å²) in [7, 11) is 0. The molecule has 1 heterocycles. The van der Waals surface area contributed by atoms with Crippen LogP contribution in [0.25, 0.3) is 0 Å². The van der Waals surface area contributed by atoms with E-state index in [1.165, 1.54) is 12.1 Å². The predicted octanol–water partition coefficient (Wildman–Crippen LogP) is 1.74. The van der Waals surface area contributed by atoms with E-state index >= 15 is 0 Å². The highest BCUT2D eigenvalue weighted by atomic mass is 19.4. The number of rotatable bonds is 2. The molecule has 19 heavy (non-hydrogen) atoms. The maximum atomic E-state index is 12.8. The van der Waals surface area contributed by atoms with Crippen LogP contribution < -0.4 is 16.4 Å². The Labute approximate surface area is 108 Å². The fourth-order valence-electron chi connectivity index (χ4n) is 2.34. The summed E-state index contributed by atoms with van der Waals surface area (Å²) in [6, 6.07) is 3.10. The Morgan fingerprint density at radius 1 is 1.37 bits per heavy atom. The first-order chi connectivity index (χ1) is 8.80. The van der Waals surface area contributed by atoms with Crippen LogP contribution in [0.4, 0.5) is 24.5 Å². The van der Waals surface area contributed by atoms with E-state index in [9.17, 15) is 18.0 Å². The van der Waals surface area contributed by atoms with Gasteiger partial charge in [0.1, 0.15) is 6.04 Å². The third kappa shape index (κ3) is 2.59. The number of nitrogen functional groups attached to an aromatic ring is 1. The minimum absolute atomic E-state index is 0.322. The van der Waals surface area contributed by atoms with E-state index < -0.39 is 23.7 Å². The zero-order valence-electron chi connectivity index (χ0n) is 10.1. The lowest BCUT2D eigenvalue weighted by molar-refractivity contribution is -0.136. The van der Waals surface area contributed by atoms with Gasteiger partial charge >= 0.3 is 6.18 Å². The van der Waals surface area contributed by atoms with E-state index in [2.05, 4.69) is 0 Å². The lowest BCUT2D eigenvalue weighted by Gasteiger charge is -2.25. The van der Waals surface area contributed by atoms with Gasteiger partial charge in [0, 0.05) is 17.9 Å². The van der Waals surface area contributed by atoms with Gasteiger partial charge in [0.25, 0.3) is 0 Å². The highest BCUT2D eigenvalue weighted by molar-refractivity contribution is 5.84. The molecule has 1 aromatic carbocycles. The van der Waals surface area contributed by atoms with Gasteiger partial charge in [-0.1, -0.05) is 0 Å². The van der Waals surface area contributed by atoms with E-state index in [1.807, 2.05) is 0 Å². The van der Waals surface area contributed by atoms with Crippen molar-refractivity contribution < 1.29 is 18.0 Å². The van der Waals surface area contributed by atoms with Gasteiger partial charge in [-0.2, -0.15) is 13.2 Å². The standard InChI is InChI=1S/C12H14F3N3O/c13-12(14,15)8-6-7(3-4-9(8)16)18-5-1-2-10(18)11(17)19/h3-4,6,10H,1-2,5,16H2,(H2,17,19). The third-order valence-corrected chi connectivity index (χ3v) is 3.26. The summed E-state index contributed by atoms with van der Waals surface area (Å²) in [6.07, 6.45) is -3.23. The maximum absolute atomic E-state index is 12.8. The van der Waals surface area contributed by atoms with Gasteiger partial charge in [0.15, 0.2) is 0 Å². The van der Waals surface area contributed by atoms with Gasteiger partial charge in [-0.3, -0.25) is 4.79 Å². The quantitative estimate of drug-likeness (QED) is 0.806. The van der Waals surface area contributed by atoms with Gasteiger partial charge in [-0.25, -0.2) is 0 Å². The number of hydrogen-bond acceptors (Lipinski definition) is 3. The molecule has 7 heteroatoms. The topological polar surface area (TPSA) is 72.4 Å². The number of nitrogens with zero attached hydrogens (tertiary/aromatic N) is 1. The summed E-state index contributed by atoms with van der Waals surface area (Å²) in [5, 5.41) is 0. The first kappa shape index (κ1) is 13.5. The molecule has 1 saturated heterocycles. The Morgan fingerprint density at radius 3 is 2.63 bits per heavy atom. The highest BCUT2D eigenvalue weighted by Crippen LogP contribution is 2.37. The fourth-order valence-corrected chi connectivity index (χ4v) is 2.34. The van der Waals surface area contributed by atoms with Gasteiger partial charge in [0.2, 0.25) is 5.91 Å². The van der Waals surface area contributed by atoms with Crippen molar-refractivity contribution in [3.63, 3.8) is 0 Å². The summed E-state index contributed by atoms with van der Waals surface area (Å²) >= 11 is 0. The van der Waals surface area contributed by atoms with Crippen LogP contribution in [0, 0.1) is 0 Å². The number of carbonyl (C=O) groups is 1. The normalized spacial score (nSPS) is 19.7. The first-order valence-corrected chi connectivity index (χ1v) is 5.83. The molecule has 0 saturated carbocycles. The van der Waals surface area contributed by atoms with Crippen LogP contribution in [0.1, 0.15) is 18.4 Å². The Bertz CT molecular complexity index is 501. The molecular weight excluding hydrogens is 259 g/mol. The number of carbonyl (C=O) groups excluding carboxylic acids is 1. The smallest absolute Gasteiger partial charge is 0.398 e. The molecule has 1 fully saturated rings. The first-order valence-electron chi connectivity index (χ1n) is 5.83. The SMILES string of the molecule is NC(=O)C1CCCN1c1ccc(N)c(C(F)(F)F)c1. The van der Waals surface area contributed by atoms with E-state index in [0.717, 1.165) is 12.5 Å². The Hall–Kier alpha value is -1.92. The second-order valence-electron chi connectivity index (χ2n) is 4.52. The van der Waals surface area contributed by atoms with Crippen LogP contribution in [0.2, 0.25) is 0 Å². The largest absolute Gasteiger partial charge is 0.418 e. The molecule has 1 amide bonds. The molecule has 1 atom stereocenters. The number of nitrogens with two attached hydrogens (primary N) is 2. The van der Waals surface area contributed by atoms with Gasteiger partial charge in [-0.15, -0.1) is 0 Å². The second-order valence-corrected chi connectivity index (χ2v) is 4.52. The third-order valence-electron chi connectivity index (χ3n) is 3.26. The average Bonchev–Trinajstić information content (AvgIpc) is 2.77. The minimum atomic E-state index is -4.51. The summed E-state index contributed by atoms with van der Waals surface area (Å²) in [5.74, 6) is -0.525. The zero-order chi connectivity index (χ0) is 14.2. The molecule has 1 aliphatic rings. The molecule has 0 radical (unpaired) electrons. The predicted molar refractivity (Wildman–Crippen MR) is 65.4 cm³/mol. The Kier molecular flexibility index (Phi) is 3.30. The van der Waals surface area contributed by atoms with Crippen molar-refractivity contribution in [1.29, 1.82) is 0 Å². The van der Waals surface area contributed by atoms with Crippen LogP contribution in [0.3, 0.4) is 0 Å². The molecule has 0 spiro atoms. The maximum Gasteiger partial charge on any atom is 0.418 e.